The predicted molar refractivity (Wildman–Crippen MR) is 75.2 cm³/mol. The number of pyridine rings is 1. The van der Waals surface area contributed by atoms with Crippen LogP contribution in [0.4, 0.5) is 5.82 Å². The first-order valence-corrected chi connectivity index (χ1v) is 6.59. The lowest BCUT2D eigenvalue weighted by atomic mass is 9.56. The van der Waals surface area contributed by atoms with Crippen molar-refractivity contribution >= 4 is 17.4 Å². The van der Waals surface area contributed by atoms with Gasteiger partial charge in [-0.1, -0.05) is 25.4 Å². The third-order valence-corrected chi connectivity index (χ3v) is 4.85. The first-order valence-electron chi connectivity index (χ1n) is 6.21. The van der Waals surface area contributed by atoms with Gasteiger partial charge in [-0.3, -0.25) is 0 Å². The Balaban J connectivity index is 2.15. The molecule has 2 atom stereocenters. The highest BCUT2D eigenvalue weighted by atomic mass is 35.5. The Kier molecular flexibility index (Phi) is 3.46. The summed E-state index contributed by atoms with van der Waals surface area (Å²) in [6.45, 7) is 6.43. The molecule has 1 aromatic heterocycles. The van der Waals surface area contributed by atoms with Crippen LogP contribution in [0.3, 0.4) is 0 Å². The molecule has 5 heteroatoms. The Bertz CT molecular complexity index is 538. The quantitative estimate of drug-likeness (QED) is 0.923. The minimum Gasteiger partial charge on any atom is -0.378 e. The topological polar surface area (TPSA) is 57.9 Å². The number of nitrogens with zero attached hydrogens (tertiary/aromatic N) is 2. The van der Waals surface area contributed by atoms with Gasteiger partial charge in [0.1, 0.15) is 11.9 Å². The average molecular weight is 280 g/mol. The molecule has 0 aliphatic heterocycles. The number of rotatable bonds is 3. The third-order valence-electron chi connectivity index (χ3n) is 4.56. The van der Waals surface area contributed by atoms with Gasteiger partial charge in [0.2, 0.25) is 0 Å². The van der Waals surface area contributed by atoms with Gasteiger partial charge >= 0.3 is 0 Å². The SMILES string of the molecule is COC1(C)CC(Nc2ncc(C#N)cc2Cl)C1(C)C. The van der Waals surface area contributed by atoms with Gasteiger partial charge in [-0.05, 0) is 19.4 Å². The molecule has 0 bridgehead atoms. The standard InChI is InChI=1S/C14H18ClN3O/c1-13(2)11(6-14(13,3)19-4)18-12-10(15)5-9(7-16)8-17-12/h5,8,11H,6H2,1-4H3,(H,17,18). The second-order valence-electron chi connectivity index (χ2n) is 5.72. The normalized spacial score (nSPS) is 28.3. The van der Waals surface area contributed by atoms with Crippen LogP contribution in [0.5, 0.6) is 0 Å². The molecule has 0 aromatic carbocycles. The number of halogens is 1. The van der Waals surface area contributed by atoms with E-state index in [2.05, 4.69) is 31.1 Å². The maximum atomic E-state index is 8.79. The van der Waals surface area contributed by atoms with Gasteiger partial charge in [0.05, 0.1) is 16.2 Å². The Labute approximate surface area is 118 Å². The molecule has 2 rings (SSSR count). The lowest BCUT2D eigenvalue weighted by molar-refractivity contribution is -0.166. The zero-order valence-electron chi connectivity index (χ0n) is 11.6. The van der Waals surface area contributed by atoms with E-state index in [4.69, 9.17) is 21.6 Å². The Morgan fingerprint density at radius 1 is 1.53 bits per heavy atom. The fourth-order valence-electron chi connectivity index (χ4n) is 2.49. The van der Waals surface area contributed by atoms with Crippen molar-refractivity contribution in [2.24, 2.45) is 5.41 Å². The average Bonchev–Trinajstić information content (AvgIpc) is 2.39. The van der Waals surface area contributed by atoms with Gasteiger partial charge in [-0.15, -0.1) is 0 Å². The third kappa shape index (κ3) is 2.18. The van der Waals surface area contributed by atoms with Gasteiger partial charge in [0.25, 0.3) is 0 Å². The number of hydrogen-bond acceptors (Lipinski definition) is 4. The molecule has 1 aliphatic rings. The second-order valence-corrected chi connectivity index (χ2v) is 6.13. The summed E-state index contributed by atoms with van der Waals surface area (Å²) in [6, 6.07) is 3.89. The molecule has 2 unspecified atom stereocenters. The zero-order chi connectivity index (χ0) is 14.3. The molecule has 0 saturated heterocycles. The molecule has 1 saturated carbocycles. The first kappa shape index (κ1) is 14.1. The number of nitriles is 1. The highest BCUT2D eigenvalue weighted by molar-refractivity contribution is 6.33. The fourth-order valence-corrected chi connectivity index (χ4v) is 2.71. The molecule has 1 aromatic rings. The van der Waals surface area contributed by atoms with E-state index in [0.717, 1.165) is 6.42 Å². The second kappa shape index (κ2) is 4.66. The molecule has 1 heterocycles. The summed E-state index contributed by atoms with van der Waals surface area (Å²) in [4.78, 5) is 4.20. The molecular weight excluding hydrogens is 262 g/mol. The molecule has 4 nitrogen and oxygen atoms in total. The summed E-state index contributed by atoms with van der Waals surface area (Å²) >= 11 is 6.12. The van der Waals surface area contributed by atoms with Crippen molar-refractivity contribution in [3.05, 3.63) is 22.8 Å². The fraction of sp³-hybridized carbons (Fsp3) is 0.571. The van der Waals surface area contributed by atoms with Crippen LogP contribution < -0.4 is 5.32 Å². The minimum absolute atomic E-state index is 0.0132. The van der Waals surface area contributed by atoms with Crippen LogP contribution in [-0.4, -0.2) is 23.7 Å². The molecule has 0 amide bonds. The van der Waals surface area contributed by atoms with E-state index in [0.29, 0.717) is 16.4 Å². The van der Waals surface area contributed by atoms with E-state index in [1.165, 1.54) is 6.20 Å². The summed E-state index contributed by atoms with van der Waals surface area (Å²) in [7, 11) is 1.74. The molecule has 0 spiro atoms. The summed E-state index contributed by atoms with van der Waals surface area (Å²) in [6.07, 6.45) is 2.42. The predicted octanol–water partition coefficient (Wildman–Crippen LogP) is 3.22. The first-order chi connectivity index (χ1) is 8.84. The summed E-state index contributed by atoms with van der Waals surface area (Å²) < 4.78 is 5.59. The minimum atomic E-state index is -0.135. The summed E-state index contributed by atoms with van der Waals surface area (Å²) in [5, 5.41) is 12.6. The van der Waals surface area contributed by atoms with Crippen molar-refractivity contribution in [2.75, 3.05) is 12.4 Å². The molecule has 1 aliphatic carbocycles. The van der Waals surface area contributed by atoms with Crippen LogP contribution in [0, 0.1) is 16.7 Å². The zero-order valence-corrected chi connectivity index (χ0v) is 12.4. The van der Waals surface area contributed by atoms with E-state index in [9.17, 15) is 0 Å². The number of nitrogens with one attached hydrogen (secondary N) is 1. The maximum Gasteiger partial charge on any atom is 0.145 e. The van der Waals surface area contributed by atoms with Gasteiger partial charge in [0, 0.05) is 24.8 Å². The van der Waals surface area contributed by atoms with Crippen molar-refractivity contribution in [3.8, 4) is 6.07 Å². The Hall–Kier alpha value is -1.31. The smallest absolute Gasteiger partial charge is 0.145 e. The van der Waals surface area contributed by atoms with Crippen molar-refractivity contribution in [1.82, 2.24) is 4.98 Å². The van der Waals surface area contributed by atoms with E-state index < -0.39 is 0 Å². The van der Waals surface area contributed by atoms with E-state index in [1.807, 2.05) is 6.07 Å². The summed E-state index contributed by atoms with van der Waals surface area (Å²) in [5.74, 6) is 0.622. The number of anilines is 1. The Morgan fingerprint density at radius 3 is 2.68 bits per heavy atom. The highest BCUT2D eigenvalue weighted by Gasteiger charge is 2.57. The molecule has 19 heavy (non-hydrogen) atoms. The van der Waals surface area contributed by atoms with Gasteiger partial charge < -0.3 is 10.1 Å². The van der Waals surface area contributed by atoms with Crippen LogP contribution >= 0.6 is 11.6 Å². The van der Waals surface area contributed by atoms with Crippen LogP contribution in [0.25, 0.3) is 0 Å². The largest absolute Gasteiger partial charge is 0.378 e. The lowest BCUT2D eigenvalue weighted by Crippen LogP contribution is -2.65. The van der Waals surface area contributed by atoms with Gasteiger partial charge in [0.15, 0.2) is 0 Å². The van der Waals surface area contributed by atoms with E-state index in [1.54, 1.807) is 13.2 Å². The number of hydrogen-bond donors (Lipinski definition) is 1. The van der Waals surface area contributed by atoms with Crippen molar-refractivity contribution in [2.45, 2.75) is 38.8 Å². The molecule has 0 radical (unpaired) electrons. The van der Waals surface area contributed by atoms with Crippen molar-refractivity contribution in [3.63, 3.8) is 0 Å². The van der Waals surface area contributed by atoms with E-state index in [-0.39, 0.29) is 17.1 Å². The number of ether oxygens (including phenoxy) is 1. The van der Waals surface area contributed by atoms with Crippen LogP contribution in [0.1, 0.15) is 32.8 Å². The summed E-state index contributed by atoms with van der Waals surface area (Å²) in [5.41, 5.74) is 0.315. The van der Waals surface area contributed by atoms with Gasteiger partial charge in [-0.2, -0.15) is 5.26 Å². The number of aromatic nitrogens is 1. The van der Waals surface area contributed by atoms with Crippen LogP contribution in [-0.2, 0) is 4.74 Å². The molecule has 102 valence electrons. The molecule has 1 N–H and O–H groups in total. The molecular formula is C14H18ClN3O. The van der Waals surface area contributed by atoms with E-state index >= 15 is 0 Å². The van der Waals surface area contributed by atoms with Crippen LogP contribution in [0.15, 0.2) is 12.3 Å². The lowest BCUT2D eigenvalue weighted by Gasteiger charge is -2.59. The monoisotopic (exact) mass is 279 g/mol. The number of methoxy groups -OCH3 is 1. The van der Waals surface area contributed by atoms with Crippen molar-refractivity contribution < 1.29 is 4.74 Å². The maximum absolute atomic E-state index is 8.79. The van der Waals surface area contributed by atoms with Crippen LogP contribution in [0.2, 0.25) is 5.02 Å². The van der Waals surface area contributed by atoms with Gasteiger partial charge in [-0.25, -0.2) is 4.98 Å². The highest BCUT2D eigenvalue weighted by Crippen LogP contribution is 2.52. The van der Waals surface area contributed by atoms with Crippen molar-refractivity contribution in [1.29, 1.82) is 5.26 Å². The Morgan fingerprint density at radius 2 is 2.21 bits per heavy atom. The molecule has 1 fully saturated rings.